The maximum absolute atomic E-state index is 12.7. The first-order valence-corrected chi connectivity index (χ1v) is 8.57. The molecule has 1 aliphatic rings. The predicted octanol–water partition coefficient (Wildman–Crippen LogP) is 1.97. The highest BCUT2D eigenvalue weighted by Crippen LogP contribution is 2.29. The summed E-state index contributed by atoms with van der Waals surface area (Å²) in [5, 5.41) is 13.0. The summed E-state index contributed by atoms with van der Waals surface area (Å²) in [5.41, 5.74) is 2.19. The van der Waals surface area contributed by atoms with Crippen molar-refractivity contribution in [3.63, 3.8) is 0 Å². The number of aromatic nitrogens is 2. The van der Waals surface area contributed by atoms with Crippen molar-refractivity contribution in [2.24, 2.45) is 7.05 Å². The molecule has 1 N–H and O–H groups in total. The number of aryl methyl sites for hydroxylation is 2. The SMILES string of the molecule is Cn1ncc(C#N)c1NS(=O)(=O)c1cccc2c1CCCC2. The first-order valence-electron chi connectivity index (χ1n) is 7.08. The second-order valence-corrected chi connectivity index (χ2v) is 7.00. The van der Waals surface area contributed by atoms with E-state index < -0.39 is 10.0 Å². The van der Waals surface area contributed by atoms with E-state index in [1.807, 2.05) is 12.1 Å². The fraction of sp³-hybridized carbons (Fsp3) is 0.333. The lowest BCUT2D eigenvalue weighted by molar-refractivity contribution is 0.595. The number of rotatable bonds is 3. The smallest absolute Gasteiger partial charge is 0.262 e. The maximum Gasteiger partial charge on any atom is 0.263 e. The molecule has 1 aromatic carbocycles. The number of hydrogen-bond acceptors (Lipinski definition) is 4. The zero-order chi connectivity index (χ0) is 15.7. The van der Waals surface area contributed by atoms with Crippen LogP contribution in [0.4, 0.5) is 5.82 Å². The van der Waals surface area contributed by atoms with E-state index in [0.29, 0.717) is 4.90 Å². The van der Waals surface area contributed by atoms with Crippen molar-refractivity contribution in [3.05, 3.63) is 41.1 Å². The Bertz CT molecular complexity index is 862. The monoisotopic (exact) mass is 316 g/mol. The van der Waals surface area contributed by atoms with Crippen LogP contribution >= 0.6 is 0 Å². The Balaban J connectivity index is 2.04. The van der Waals surface area contributed by atoms with Gasteiger partial charge in [0, 0.05) is 7.05 Å². The minimum absolute atomic E-state index is 0.191. The molecule has 0 atom stereocenters. The number of nitriles is 1. The Kier molecular flexibility index (Phi) is 3.62. The normalized spacial score (nSPS) is 14.2. The number of nitrogens with one attached hydrogen (secondary N) is 1. The van der Waals surface area contributed by atoms with Crippen LogP contribution < -0.4 is 4.72 Å². The molecule has 0 amide bonds. The Morgan fingerprint density at radius 2 is 2.09 bits per heavy atom. The summed E-state index contributed by atoms with van der Waals surface area (Å²) in [6, 6.07) is 7.32. The van der Waals surface area contributed by atoms with Gasteiger partial charge in [0.2, 0.25) is 0 Å². The molecule has 0 saturated heterocycles. The molecule has 0 fully saturated rings. The first-order chi connectivity index (χ1) is 10.5. The Morgan fingerprint density at radius 3 is 2.86 bits per heavy atom. The number of benzene rings is 1. The van der Waals surface area contributed by atoms with E-state index in [1.165, 1.54) is 10.9 Å². The van der Waals surface area contributed by atoms with Gasteiger partial charge in [0.05, 0.1) is 11.1 Å². The molecule has 0 unspecified atom stereocenters. The molecule has 0 spiro atoms. The second-order valence-electron chi connectivity index (χ2n) is 5.35. The van der Waals surface area contributed by atoms with Crippen LogP contribution in [0.1, 0.15) is 29.5 Å². The zero-order valence-electron chi connectivity index (χ0n) is 12.2. The molecule has 1 aliphatic carbocycles. The molecule has 3 rings (SSSR count). The third-order valence-corrected chi connectivity index (χ3v) is 5.36. The van der Waals surface area contributed by atoms with Crippen molar-refractivity contribution in [2.45, 2.75) is 30.6 Å². The zero-order valence-corrected chi connectivity index (χ0v) is 13.0. The summed E-state index contributed by atoms with van der Waals surface area (Å²) in [6.07, 6.45) is 5.11. The quantitative estimate of drug-likeness (QED) is 0.937. The molecule has 114 valence electrons. The summed E-state index contributed by atoms with van der Waals surface area (Å²) in [4.78, 5) is 0.301. The molecule has 0 radical (unpaired) electrons. The summed E-state index contributed by atoms with van der Waals surface area (Å²) in [6.45, 7) is 0. The standard InChI is InChI=1S/C15H16N4O2S/c1-19-15(12(9-16)10-17-19)18-22(20,21)14-8-4-6-11-5-2-3-7-13(11)14/h4,6,8,10,18H,2-3,5,7H2,1H3. The van der Waals surface area contributed by atoms with Crippen LogP contribution in [0.2, 0.25) is 0 Å². The molecular weight excluding hydrogens is 300 g/mol. The van der Waals surface area contributed by atoms with Crippen molar-refractivity contribution in [1.29, 1.82) is 5.26 Å². The van der Waals surface area contributed by atoms with Crippen molar-refractivity contribution in [3.8, 4) is 6.07 Å². The molecule has 2 aromatic rings. The Labute approximate surface area is 129 Å². The van der Waals surface area contributed by atoms with Gasteiger partial charge in [-0.15, -0.1) is 0 Å². The molecule has 1 heterocycles. The lowest BCUT2D eigenvalue weighted by atomic mass is 9.92. The molecular formula is C15H16N4O2S. The topological polar surface area (TPSA) is 87.8 Å². The molecule has 0 aliphatic heterocycles. The molecule has 0 saturated carbocycles. The molecule has 6 nitrogen and oxygen atoms in total. The van der Waals surface area contributed by atoms with Crippen LogP contribution in [0.3, 0.4) is 0 Å². The van der Waals surface area contributed by atoms with E-state index in [0.717, 1.165) is 36.8 Å². The number of sulfonamides is 1. The fourth-order valence-electron chi connectivity index (χ4n) is 2.82. The highest BCUT2D eigenvalue weighted by Gasteiger charge is 2.24. The summed E-state index contributed by atoms with van der Waals surface area (Å²) >= 11 is 0. The summed E-state index contributed by atoms with van der Waals surface area (Å²) in [7, 11) is -2.15. The summed E-state index contributed by atoms with van der Waals surface area (Å²) in [5.74, 6) is 0.191. The van der Waals surface area contributed by atoms with Gasteiger partial charge in [-0.1, -0.05) is 12.1 Å². The number of fused-ring (bicyclic) bond motifs is 1. The van der Waals surface area contributed by atoms with Gasteiger partial charge in [-0.3, -0.25) is 9.40 Å². The van der Waals surface area contributed by atoms with E-state index in [9.17, 15) is 8.42 Å². The van der Waals surface area contributed by atoms with Gasteiger partial charge >= 0.3 is 0 Å². The van der Waals surface area contributed by atoms with E-state index in [-0.39, 0.29) is 11.4 Å². The van der Waals surface area contributed by atoms with Crippen LogP contribution in [0.25, 0.3) is 0 Å². The third kappa shape index (κ3) is 2.46. The van der Waals surface area contributed by atoms with Gasteiger partial charge in [-0.25, -0.2) is 8.42 Å². The van der Waals surface area contributed by atoms with Gasteiger partial charge in [0.1, 0.15) is 11.6 Å². The Hall–Kier alpha value is -2.33. The highest BCUT2D eigenvalue weighted by atomic mass is 32.2. The highest BCUT2D eigenvalue weighted by molar-refractivity contribution is 7.92. The van der Waals surface area contributed by atoms with E-state index >= 15 is 0 Å². The van der Waals surface area contributed by atoms with Crippen LogP contribution in [0, 0.1) is 11.3 Å². The number of anilines is 1. The molecule has 1 aromatic heterocycles. The van der Waals surface area contributed by atoms with Crippen LogP contribution in [-0.4, -0.2) is 18.2 Å². The third-order valence-electron chi connectivity index (χ3n) is 3.93. The fourth-order valence-corrected chi connectivity index (χ4v) is 4.24. The van der Waals surface area contributed by atoms with Crippen LogP contribution in [0.15, 0.2) is 29.3 Å². The van der Waals surface area contributed by atoms with E-state index in [4.69, 9.17) is 5.26 Å². The van der Waals surface area contributed by atoms with Crippen LogP contribution in [0.5, 0.6) is 0 Å². The van der Waals surface area contributed by atoms with Gasteiger partial charge in [-0.2, -0.15) is 10.4 Å². The largest absolute Gasteiger partial charge is 0.263 e. The average molecular weight is 316 g/mol. The number of nitrogens with zero attached hydrogens (tertiary/aromatic N) is 3. The molecule has 22 heavy (non-hydrogen) atoms. The van der Waals surface area contributed by atoms with Crippen LogP contribution in [-0.2, 0) is 29.9 Å². The van der Waals surface area contributed by atoms with Gasteiger partial charge in [0.25, 0.3) is 10.0 Å². The number of hydrogen-bond donors (Lipinski definition) is 1. The van der Waals surface area contributed by atoms with Crippen molar-refractivity contribution >= 4 is 15.8 Å². The van der Waals surface area contributed by atoms with Crippen molar-refractivity contribution in [1.82, 2.24) is 9.78 Å². The first kappa shape index (κ1) is 14.6. The second kappa shape index (κ2) is 5.46. The van der Waals surface area contributed by atoms with Gasteiger partial charge in [0.15, 0.2) is 5.82 Å². The average Bonchev–Trinajstić information content (AvgIpc) is 2.86. The molecule has 0 bridgehead atoms. The molecule has 7 heteroatoms. The van der Waals surface area contributed by atoms with Gasteiger partial charge in [-0.05, 0) is 42.9 Å². The lowest BCUT2D eigenvalue weighted by Crippen LogP contribution is -2.19. The minimum atomic E-state index is -3.74. The minimum Gasteiger partial charge on any atom is -0.262 e. The Morgan fingerprint density at radius 1 is 1.32 bits per heavy atom. The van der Waals surface area contributed by atoms with Crippen molar-refractivity contribution < 1.29 is 8.42 Å². The lowest BCUT2D eigenvalue weighted by Gasteiger charge is -2.19. The van der Waals surface area contributed by atoms with Gasteiger partial charge < -0.3 is 0 Å². The van der Waals surface area contributed by atoms with E-state index in [2.05, 4.69) is 9.82 Å². The predicted molar refractivity (Wildman–Crippen MR) is 81.8 cm³/mol. The van der Waals surface area contributed by atoms with Crippen molar-refractivity contribution in [2.75, 3.05) is 4.72 Å². The summed E-state index contributed by atoms with van der Waals surface area (Å²) < 4.78 is 29.3. The maximum atomic E-state index is 12.7. The van der Waals surface area contributed by atoms with E-state index in [1.54, 1.807) is 19.2 Å².